The lowest BCUT2D eigenvalue weighted by Gasteiger charge is -2.40. The maximum absolute atomic E-state index is 12.9. The van der Waals surface area contributed by atoms with Crippen LogP contribution in [0.2, 0.25) is 0 Å². The van der Waals surface area contributed by atoms with Crippen LogP contribution in [0.1, 0.15) is 27.6 Å². The summed E-state index contributed by atoms with van der Waals surface area (Å²) in [5.41, 5.74) is 0.302. The standard InChI is InChI=1S/C29H36O16/c1-12(31)13-4-6-15(17(8-13)39-2)43-29-26(37)24(35)22(33)20(45-29)11-41-27(38)14-5-7-16(18(9-14)40-3)42-28-25(36)23(34)21(32)19(10-30)44-28/h4-9,19-26,28-30,32-37H,10-11H2,1-3H3. The first-order chi connectivity index (χ1) is 21.4. The van der Waals surface area contributed by atoms with Crippen molar-refractivity contribution in [3.63, 3.8) is 0 Å². The minimum atomic E-state index is -1.74. The molecule has 0 amide bonds. The number of carbonyl (C=O) groups is 2. The molecule has 2 fully saturated rings. The molecular formula is C29H36O16. The quantitative estimate of drug-likeness (QED) is 0.105. The van der Waals surface area contributed by atoms with E-state index in [0.29, 0.717) is 5.56 Å². The molecular weight excluding hydrogens is 604 g/mol. The summed E-state index contributed by atoms with van der Waals surface area (Å²) in [4.78, 5) is 24.6. The second-order valence-corrected chi connectivity index (χ2v) is 10.3. The van der Waals surface area contributed by atoms with Crippen molar-refractivity contribution in [2.75, 3.05) is 27.4 Å². The predicted octanol–water partition coefficient (Wildman–Crippen LogP) is -1.87. The molecule has 4 rings (SSSR count). The van der Waals surface area contributed by atoms with E-state index in [0.717, 1.165) is 0 Å². The van der Waals surface area contributed by atoms with Crippen LogP contribution in [-0.2, 0) is 14.2 Å². The van der Waals surface area contributed by atoms with Crippen LogP contribution in [0, 0.1) is 0 Å². The third-order valence-corrected chi connectivity index (χ3v) is 7.35. The van der Waals surface area contributed by atoms with Crippen molar-refractivity contribution in [1.29, 1.82) is 0 Å². The van der Waals surface area contributed by atoms with Gasteiger partial charge in [-0.1, -0.05) is 0 Å². The Morgan fingerprint density at radius 3 is 1.62 bits per heavy atom. The molecule has 0 saturated carbocycles. The van der Waals surface area contributed by atoms with Gasteiger partial charge in [0, 0.05) is 5.56 Å². The Morgan fingerprint density at radius 2 is 1.13 bits per heavy atom. The number of esters is 1. The Bertz CT molecular complexity index is 1330. The van der Waals surface area contributed by atoms with E-state index in [1.54, 1.807) is 0 Å². The van der Waals surface area contributed by atoms with Crippen molar-refractivity contribution in [2.45, 2.75) is 68.3 Å². The minimum absolute atomic E-state index is 0.00731. The van der Waals surface area contributed by atoms with Crippen molar-refractivity contribution >= 4 is 11.8 Å². The average Bonchev–Trinajstić information content (AvgIpc) is 3.04. The summed E-state index contributed by atoms with van der Waals surface area (Å²) < 4.78 is 38.0. The third-order valence-electron chi connectivity index (χ3n) is 7.35. The maximum atomic E-state index is 12.9. The molecule has 0 aliphatic carbocycles. The molecule has 7 N–H and O–H groups in total. The SMILES string of the molecule is COc1cc(C(=O)OCC2OC(Oc3ccc(C(C)=O)cc3OC)C(O)C(O)C2O)ccc1OC1OC(CO)C(O)C(O)C1O. The highest BCUT2D eigenvalue weighted by Crippen LogP contribution is 2.34. The normalized spacial score (nSPS) is 31.5. The second kappa shape index (κ2) is 14.7. The molecule has 0 radical (unpaired) electrons. The molecule has 2 aromatic rings. The summed E-state index contributed by atoms with van der Waals surface area (Å²) in [6.45, 7) is 0.141. The molecule has 2 saturated heterocycles. The van der Waals surface area contributed by atoms with E-state index in [4.69, 9.17) is 33.2 Å². The van der Waals surface area contributed by atoms with Gasteiger partial charge in [-0.05, 0) is 43.3 Å². The summed E-state index contributed by atoms with van der Waals surface area (Å²) in [6, 6.07) is 8.11. The van der Waals surface area contributed by atoms with E-state index >= 15 is 0 Å². The van der Waals surface area contributed by atoms with Gasteiger partial charge in [0.2, 0.25) is 12.6 Å². The predicted molar refractivity (Wildman–Crippen MR) is 148 cm³/mol. The van der Waals surface area contributed by atoms with Gasteiger partial charge < -0.3 is 68.9 Å². The molecule has 10 atom stereocenters. The number of methoxy groups -OCH3 is 2. The summed E-state index contributed by atoms with van der Waals surface area (Å²) in [5.74, 6) is -0.926. The Kier molecular flexibility index (Phi) is 11.2. The van der Waals surface area contributed by atoms with Gasteiger partial charge in [0.1, 0.15) is 55.4 Å². The number of rotatable bonds is 11. The fourth-order valence-electron chi connectivity index (χ4n) is 4.68. The number of benzene rings is 2. The Morgan fingerprint density at radius 1 is 0.667 bits per heavy atom. The van der Waals surface area contributed by atoms with E-state index in [1.165, 1.54) is 57.5 Å². The molecule has 16 heteroatoms. The zero-order chi connectivity index (χ0) is 33.0. The van der Waals surface area contributed by atoms with Crippen molar-refractivity contribution in [3.8, 4) is 23.0 Å². The van der Waals surface area contributed by atoms with E-state index in [1.807, 2.05) is 0 Å². The first-order valence-corrected chi connectivity index (χ1v) is 13.8. The molecule has 2 aliphatic heterocycles. The molecule has 2 aromatic carbocycles. The Hall–Kier alpha value is -3.58. The van der Waals surface area contributed by atoms with Crippen LogP contribution in [0.4, 0.5) is 0 Å². The van der Waals surface area contributed by atoms with E-state index in [9.17, 15) is 45.3 Å². The summed E-state index contributed by atoms with van der Waals surface area (Å²) in [6.07, 6.45) is -15.6. The molecule has 2 heterocycles. The van der Waals surface area contributed by atoms with E-state index in [2.05, 4.69) is 0 Å². The molecule has 2 aliphatic rings. The minimum Gasteiger partial charge on any atom is -0.493 e. The van der Waals surface area contributed by atoms with Crippen molar-refractivity contribution in [1.82, 2.24) is 0 Å². The molecule has 45 heavy (non-hydrogen) atoms. The van der Waals surface area contributed by atoms with E-state index in [-0.39, 0.29) is 34.3 Å². The molecule has 248 valence electrons. The number of hydrogen-bond donors (Lipinski definition) is 7. The first-order valence-electron chi connectivity index (χ1n) is 13.8. The first kappa shape index (κ1) is 34.3. The number of Topliss-reactive ketones (excluding diaryl/α,β-unsaturated/α-hetero) is 1. The van der Waals surface area contributed by atoms with E-state index < -0.39 is 80.6 Å². The lowest BCUT2D eigenvalue weighted by Crippen LogP contribution is -2.60. The zero-order valence-corrected chi connectivity index (χ0v) is 24.5. The lowest BCUT2D eigenvalue weighted by atomic mass is 9.99. The van der Waals surface area contributed by atoms with Gasteiger partial charge in [-0.3, -0.25) is 4.79 Å². The van der Waals surface area contributed by atoms with Crippen molar-refractivity contribution < 1.29 is 78.5 Å². The zero-order valence-electron chi connectivity index (χ0n) is 24.5. The Balaban J connectivity index is 1.42. The average molecular weight is 641 g/mol. The molecule has 0 bridgehead atoms. The summed E-state index contributed by atoms with van der Waals surface area (Å²) >= 11 is 0. The van der Waals surface area contributed by atoms with Gasteiger partial charge >= 0.3 is 5.97 Å². The van der Waals surface area contributed by atoms with Crippen LogP contribution < -0.4 is 18.9 Å². The summed E-state index contributed by atoms with van der Waals surface area (Å²) in [7, 11) is 2.61. The third kappa shape index (κ3) is 7.46. The van der Waals surface area contributed by atoms with Gasteiger partial charge in [-0.2, -0.15) is 0 Å². The Labute approximate surface area is 256 Å². The van der Waals surface area contributed by atoms with Crippen LogP contribution in [0.15, 0.2) is 36.4 Å². The number of aliphatic hydroxyl groups is 7. The van der Waals surface area contributed by atoms with Crippen LogP contribution in [0.3, 0.4) is 0 Å². The van der Waals surface area contributed by atoms with Crippen molar-refractivity contribution in [2.24, 2.45) is 0 Å². The van der Waals surface area contributed by atoms with Gasteiger partial charge in [-0.25, -0.2) is 4.79 Å². The number of hydrogen-bond acceptors (Lipinski definition) is 16. The number of ketones is 1. The van der Waals surface area contributed by atoms with Gasteiger partial charge in [0.05, 0.1) is 26.4 Å². The topological polar surface area (TPSA) is 240 Å². The molecule has 0 spiro atoms. The van der Waals surface area contributed by atoms with Crippen LogP contribution in [-0.4, -0.2) is 136 Å². The molecule has 10 unspecified atom stereocenters. The second-order valence-electron chi connectivity index (χ2n) is 10.3. The largest absolute Gasteiger partial charge is 0.493 e. The fraction of sp³-hybridized carbons (Fsp3) is 0.517. The molecule has 16 nitrogen and oxygen atoms in total. The number of carbonyl (C=O) groups excluding carboxylic acids is 2. The monoisotopic (exact) mass is 640 g/mol. The highest BCUT2D eigenvalue weighted by Gasteiger charge is 2.46. The highest BCUT2D eigenvalue weighted by molar-refractivity contribution is 5.94. The highest BCUT2D eigenvalue weighted by atomic mass is 16.7. The van der Waals surface area contributed by atoms with Crippen LogP contribution in [0.25, 0.3) is 0 Å². The van der Waals surface area contributed by atoms with Crippen molar-refractivity contribution in [3.05, 3.63) is 47.5 Å². The maximum Gasteiger partial charge on any atom is 0.338 e. The van der Waals surface area contributed by atoms with Gasteiger partial charge in [0.15, 0.2) is 28.8 Å². The van der Waals surface area contributed by atoms with Crippen LogP contribution >= 0.6 is 0 Å². The fourth-order valence-corrected chi connectivity index (χ4v) is 4.68. The molecule has 0 aromatic heterocycles. The lowest BCUT2D eigenvalue weighted by molar-refractivity contribution is -0.277. The summed E-state index contributed by atoms with van der Waals surface area (Å²) in [5, 5.41) is 71.0. The number of aliphatic hydroxyl groups excluding tert-OH is 7. The van der Waals surface area contributed by atoms with Gasteiger partial charge in [-0.15, -0.1) is 0 Å². The van der Waals surface area contributed by atoms with Gasteiger partial charge in [0.25, 0.3) is 0 Å². The smallest absolute Gasteiger partial charge is 0.338 e. The number of ether oxygens (including phenoxy) is 7. The van der Waals surface area contributed by atoms with Crippen LogP contribution in [0.5, 0.6) is 23.0 Å².